The largest absolute Gasteiger partial charge is 0.444 e. The number of rotatable bonds is 6. The fraction of sp³-hybridized carbons (Fsp3) is 0.611. The molecule has 0 aliphatic rings. The van der Waals surface area contributed by atoms with E-state index in [2.05, 4.69) is 5.32 Å². The Hall–Kier alpha value is -2.31. The SMILES string of the molecule is CCN(C(=O)OC(C)(C)C)[C@H](C)CNC(=O)c1cc(C(C)=O)cn1C. The third-order valence-electron chi connectivity index (χ3n) is 3.70. The third kappa shape index (κ3) is 5.92. The molecule has 0 unspecified atom stereocenters. The number of aryl methyl sites for hydroxylation is 1. The minimum atomic E-state index is -0.570. The molecule has 0 spiro atoms. The van der Waals surface area contributed by atoms with Crippen LogP contribution >= 0.6 is 0 Å². The number of hydrogen-bond acceptors (Lipinski definition) is 4. The van der Waals surface area contributed by atoms with E-state index in [9.17, 15) is 14.4 Å². The van der Waals surface area contributed by atoms with Crippen molar-refractivity contribution in [3.05, 3.63) is 23.5 Å². The number of carbonyl (C=O) groups is 3. The molecule has 1 atom stereocenters. The number of nitrogens with one attached hydrogen (secondary N) is 1. The summed E-state index contributed by atoms with van der Waals surface area (Å²) in [5.74, 6) is -0.382. The van der Waals surface area contributed by atoms with Crippen molar-refractivity contribution in [3.8, 4) is 0 Å². The molecule has 0 saturated carbocycles. The number of Topliss-reactive ketones (excluding diaryl/α,β-unsaturated/α-hetero) is 1. The van der Waals surface area contributed by atoms with Crippen molar-refractivity contribution in [2.24, 2.45) is 7.05 Å². The molecular weight excluding hydrogens is 322 g/mol. The van der Waals surface area contributed by atoms with Crippen molar-refractivity contribution in [1.82, 2.24) is 14.8 Å². The fourth-order valence-corrected chi connectivity index (χ4v) is 2.37. The molecule has 7 nitrogen and oxygen atoms in total. The summed E-state index contributed by atoms with van der Waals surface area (Å²) in [4.78, 5) is 37.5. The maximum Gasteiger partial charge on any atom is 0.410 e. The van der Waals surface area contributed by atoms with Gasteiger partial charge in [-0.3, -0.25) is 9.59 Å². The Morgan fingerprint density at radius 2 is 1.92 bits per heavy atom. The van der Waals surface area contributed by atoms with Crippen LogP contribution in [0.25, 0.3) is 0 Å². The van der Waals surface area contributed by atoms with Crippen LogP contribution in [0, 0.1) is 0 Å². The van der Waals surface area contributed by atoms with Gasteiger partial charge in [-0.05, 0) is 47.6 Å². The van der Waals surface area contributed by atoms with Crippen LogP contribution in [0.5, 0.6) is 0 Å². The summed E-state index contributed by atoms with van der Waals surface area (Å²) in [7, 11) is 1.71. The van der Waals surface area contributed by atoms with E-state index in [1.807, 2.05) is 34.6 Å². The zero-order chi connectivity index (χ0) is 19.4. The Morgan fingerprint density at radius 1 is 1.32 bits per heavy atom. The summed E-state index contributed by atoms with van der Waals surface area (Å²) in [6.07, 6.45) is 1.22. The van der Waals surface area contributed by atoms with E-state index in [1.165, 1.54) is 6.92 Å². The van der Waals surface area contributed by atoms with E-state index >= 15 is 0 Å². The molecule has 0 bridgehead atoms. The van der Waals surface area contributed by atoms with E-state index in [-0.39, 0.29) is 24.3 Å². The van der Waals surface area contributed by atoms with Crippen molar-refractivity contribution in [1.29, 1.82) is 0 Å². The van der Waals surface area contributed by atoms with Crippen LogP contribution in [0.4, 0.5) is 4.79 Å². The van der Waals surface area contributed by atoms with E-state index in [0.717, 1.165) is 0 Å². The number of ketones is 1. The molecule has 0 aliphatic carbocycles. The van der Waals surface area contributed by atoms with Gasteiger partial charge in [-0.2, -0.15) is 0 Å². The fourth-order valence-electron chi connectivity index (χ4n) is 2.37. The van der Waals surface area contributed by atoms with Crippen molar-refractivity contribution in [2.75, 3.05) is 13.1 Å². The topological polar surface area (TPSA) is 80.6 Å². The summed E-state index contributed by atoms with van der Waals surface area (Å²) in [6.45, 7) is 11.4. The number of aromatic nitrogens is 1. The average Bonchev–Trinajstić information content (AvgIpc) is 2.86. The van der Waals surface area contributed by atoms with Crippen molar-refractivity contribution in [2.45, 2.75) is 53.2 Å². The maximum atomic E-state index is 12.3. The van der Waals surface area contributed by atoms with Crippen LogP contribution in [0.2, 0.25) is 0 Å². The third-order valence-corrected chi connectivity index (χ3v) is 3.70. The van der Waals surface area contributed by atoms with Crippen LogP contribution in [0.15, 0.2) is 12.3 Å². The Balaban J connectivity index is 2.70. The smallest absolute Gasteiger partial charge is 0.410 e. The molecule has 1 N–H and O–H groups in total. The van der Waals surface area contributed by atoms with Gasteiger partial charge in [0.15, 0.2) is 5.78 Å². The lowest BCUT2D eigenvalue weighted by Gasteiger charge is -2.31. The van der Waals surface area contributed by atoms with E-state index < -0.39 is 11.7 Å². The molecule has 0 saturated heterocycles. The Morgan fingerprint density at radius 3 is 2.36 bits per heavy atom. The second kappa shape index (κ2) is 8.18. The zero-order valence-corrected chi connectivity index (χ0v) is 16.2. The number of carbonyl (C=O) groups excluding carboxylic acids is 3. The molecule has 0 radical (unpaired) electrons. The predicted octanol–water partition coefficient (Wildman–Crippen LogP) is 2.60. The molecular formula is C18H29N3O4. The molecule has 0 fully saturated rings. The van der Waals surface area contributed by atoms with Gasteiger partial charge in [0, 0.05) is 37.9 Å². The van der Waals surface area contributed by atoms with Crippen molar-refractivity contribution >= 4 is 17.8 Å². The van der Waals surface area contributed by atoms with Crippen LogP contribution < -0.4 is 5.32 Å². The second-order valence-corrected chi connectivity index (χ2v) is 7.11. The quantitative estimate of drug-likeness (QED) is 0.799. The second-order valence-electron chi connectivity index (χ2n) is 7.11. The van der Waals surface area contributed by atoms with Gasteiger partial charge in [-0.15, -0.1) is 0 Å². The standard InChI is InChI=1S/C18H29N3O4/c1-8-21(17(24)25-18(4,5)6)12(2)10-19-16(23)15-9-14(13(3)22)11-20(15)7/h9,11-12H,8,10H2,1-7H3,(H,19,23)/t12-/m1/s1. The number of hydrogen-bond donors (Lipinski definition) is 1. The van der Waals surface area contributed by atoms with Crippen LogP contribution in [-0.4, -0.2) is 52.0 Å². The highest BCUT2D eigenvalue weighted by molar-refractivity contribution is 5.99. The summed E-state index contributed by atoms with van der Waals surface area (Å²) in [5, 5.41) is 2.80. The highest BCUT2D eigenvalue weighted by Crippen LogP contribution is 2.12. The lowest BCUT2D eigenvalue weighted by molar-refractivity contribution is 0.0187. The molecule has 0 aromatic carbocycles. The van der Waals surface area contributed by atoms with Gasteiger partial charge in [0.1, 0.15) is 11.3 Å². The lowest BCUT2D eigenvalue weighted by Crippen LogP contribution is -2.47. The number of amides is 2. The first kappa shape index (κ1) is 20.7. The summed E-state index contributed by atoms with van der Waals surface area (Å²) in [5.41, 5.74) is 0.321. The van der Waals surface area contributed by atoms with Gasteiger partial charge in [-0.25, -0.2) is 4.79 Å². The Bertz CT molecular complexity index is 643. The minimum absolute atomic E-state index is 0.0925. The molecule has 7 heteroatoms. The molecule has 1 rings (SSSR count). The van der Waals surface area contributed by atoms with E-state index in [1.54, 1.807) is 28.8 Å². The molecule has 2 amide bonds. The van der Waals surface area contributed by atoms with Gasteiger partial charge < -0.3 is 19.5 Å². The number of nitrogens with zero attached hydrogens (tertiary/aromatic N) is 2. The van der Waals surface area contributed by atoms with Crippen LogP contribution in [0.1, 0.15) is 62.4 Å². The first-order valence-electron chi connectivity index (χ1n) is 8.41. The molecule has 25 heavy (non-hydrogen) atoms. The zero-order valence-electron chi connectivity index (χ0n) is 16.2. The first-order chi connectivity index (χ1) is 11.5. The molecule has 1 aromatic heterocycles. The molecule has 1 heterocycles. The van der Waals surface area contributed by atoms with Gasteiger partial charge >= 0.3 is 6.09 Å². The minimum Gasteiger partial charge on any atom is -0.444 e. The summed E-state index contributed by atoms with van der Waals surface area (Å²) in [6, 6.07) is 1.34. The number of ether oxygens (including phenoxy) is 1. The van der Waals surface area contributed by atoms with Gasteiger partial charge in [0.2, 0.25) is 0 Å². The normalized spacial score (nSPS) is 12.4. The monoisotopic (exact) mass is 351 g/mol. The highest BCUT2D eigenvalue weighted by atomic mass is 16.6. The molecule has 140 valence electrons. The van der Waals surface area contributed by atoms with Crippen molar-refractivity contribution < 1.29 is 19.1 Å². The summed E-state index contributed by atoms with van der Waals surface area (Å²) < 4.78 is 7.00. The average molecular weight is 351 g/mol. The van der Waals surface area contributed by atoms with Crippen LogP contribution in [-0.2, 0) is 11.8 Å². The number of likely N-dealkylation sites (N-methyl/N-ethyl adjacent to an activating group) is 1. The van der Waals surface area contributed by atoms with Gasteiger partial charge in [0.25, 0.3) is 5.91 Å². The molecule has 0 aliphatic heterocycles. The first-order valence-corrected chi connectivity index (χ1v) is 8.41. The van der Waals surface area contributed by atoms with Crippen LogP contribution in [0.3, 0.4) is 0 Å². The Labute approximate surface area is 149 Å². The lowest BCUT2D eigenvalue weighted by atomic mass is 10.2. The van der Waals surface area contributed by atoms with Gasteiger partial charge in [-0.1, -0.05) is 0 Å². The van der Waals surface area contributed by atoms with Gasteiger partial charge in [0.05, 0.1) is 0 Å². The van der Waals surface area contributed by atoms with Crippen molar-refractivity contribution in [3.63, 3.8) is 0 Å². The van der Waals surface area contributed by atoms with E-state index in [0.29, 0.717) is 17.8 Å². The Kier molecular flexibility index (Phi) is 6.78. The van der Waals surface area contributed by atoms with E-state index in [4.69, 9.17) is 4.74 Å². The maximum absolute atomic E-state index is 12.3. The molecule has 1 aromatic rings. The highest BCUT2D eigenvalue weighted by Gasteiger charge is 2.25. The summed E-state index contributed by atoms with van der Waals surface area (Å²) >= 11 is 0. The predicted molar refractivity (Wildman–Crippen MR) is 95.8 cm³/mol.